The van der Waals surface area contributed by atoms with Crippen LogP contribution in [0.3, 0.4) is 0 Å². The van der Waals surface area contributed by atoms with Crippen LogP contribution in [0.5, 0.6) is 11.5 Å². The molecule has 1 atom stereocenters. The molecular weight excluding hydrogens is 254 g/mol. The third kappa shape index (κ3) is 6.26. The van der Waals surface area contributed by atoms with Crippen LogP contribution in [0.2, 0.25) is 0 Å². The zero-order valence-electron chi connectivity index (χ0n) is 13.0. The molecule has 4 nitrogen and oxygen atoms in total. The number of nitrogens with one attached hydrogen (secondary N) is 1. The molecule has 0 aliphatic carbocycles. The summed E-state index contributed by atoms with van der Waals surface area (Å²) >= 11 is 0. The van der Waals surface area contributed by atoms with E-state index < -0.39 is 6.10 Å². The summed E-state index contributed by atoms with van der Waals surface area (Å²) in [6, 6.07) is 7.38. The first-order chi connectivity index (χ1) is 9.46. The van der Waals surface area contributed by atoms with Gasteiger partial charge in [-0.2, -0.15) is 0 Å². The predicted octanol–water partition coefficient (Wildman–Crippen LogP) is 2.46. The minimum absolute atomic E-state index is 0.257. The summed E-state index contributed by atoms with van der Waals surface area (Å²) in [7, 11) is 1.62. The molecule has 2 N–H and O–H groups in total. The van der Waals surface area contributed by atoms with E-state index in [4.69, 9.17) is 9.47 Å². The van der Waals surface area contributed by atoms with Crippen molar-refractivity contribution in [2.75, 3.05) is 26.8 Å². The zero-order valence-corrected chi connectivity index (χ0v) is 13.0. The van der Waals surface area contributed by atoms with Gasteiger partial charge in [0, 0.05) is 19.2 Å². The van der Waals surface area contributed by atoms with E-state index >= 15 is 0 Å². The van der Waals surface area contributed by atoms with Crippen LogP contribution in [0, 0.1) is 5.41 Å². The highest BCUT2D eigenvalue weighted by Crippen LogP contribution is 2.19. The Kier molecular flexibility index (Phi) is 6.82. The smallest absolute Gasteiger partial charge is 0.123 e. The third-order valence-electron chi connectivity index (χ3n) is 3.42. The van der Waals surface area contributed by atoms with Crippen LogP contribution < -0.4 is 14.8 Å². The van der Waals surface area contributed by atoms with Crippen LogP contribution in [0.15, 0.2) is 24.3 Å². The Bertz CT molecular complexity index is 393. The lowest BCUT2D eigenvalue weighted by Crippen LogP contribution is -2.36. The second kappa shape index (κ2) is 8.12. The molecule has 0 saturated heterocycles. The van der Waals surface area contributed by atoms with E-state index in [0.717, 1.165) is 18.7 Å². The minimum atomic E-state index is -0.520. The number of hydrogen-bond acceptors (Lipinski definition) is 4. The Labute approximate surface area is 122 Å². The van der Waals surface area contributed by atoms with Gasteiger partial charge in [-0.15, -0.1) is 0 Å². The molecule has 1 rings (SSSR count). The van der Waals surface area contributed by atoms with Crippen LogP contribution in [0.1, 0.15) is 27.2 Å². The predicted molar refractivity (Wildman–Crippen MR) is 81.4 cm³/mol. The first-order valence-electron chi connectivity index (χ1n) is 7.12. The zero-order chi connectivity index (χ0) is 15.0. The number of hydrogen-bond donors (Lipinski definition) is 2. The lowest BCUT2D eigenvalue weighted by molar-refractivity contribution is 0.103. The van der Waals surface area contributed by atoms with Gasteiger partial charge in [-0.25, -0.2) is 0 Å². The van der Waals surface area contributed by atoms with Crippen LogP contribution in [0.4, 0.5) is 0 Å². The molecule has 114 valence electrons. The van der Waals surface area contributed by atoms with Crippen LogP contribution in [-0.4, -0.2) is 38.0 Å². The van der Waals surface area contributed by atoms with E-state index in [1.54, 1.807) is 13.2 Å². The van der Waals surface area contributed by atoms with Gasteiger partial charge in [0.1, 0.15) is 24.2 Å². The van der Waals surface area contributed by atoms with Gasteiger partial charge in [0.25, 0.3) is 0 Å². The highest BCUT2D eigenvalue weighted by Gasteiger charge is 2.15. The molecule has 0 spiro atoms. The second-order valence-corrected chi connectivity index (χ2v) is 5.79. The topological polar surface area (TPSA) is 50.7 Å². The average molecular weight is 281 g/mol. The summed E-state index contributed by atoms with van der Waals surface area (Å²) < 4.78 is 10.7. The van der Waals surface area contributed by atoms with Crippen molar-refractivity contribution in [2.24, 2.45) is 5.41 Å². The SMILES string of the molecule is CCC(C)(C)CNCC(O)COc1cccc(OC)c1. The van der Waals surface area contributed by atoms with Crippen molar-refractivity contribution in [2.45, 2.75) is 33.3 Å². The standard InChI is InChI=1S/C16H27NO3/c1-5-16(2,3)12-17-10-13(18)11-20-15-8-6-7-14(9-15)19-4/h6-9,13,17-18H,5,10-12H2,1-4H3. The van der Waals surface area contributed by atoms with Crippen molar-refractivity contribution in [3.05, 3.63) is 24.3 Å². The van der Waals surface area contributed by atoms with Crippen molar-refractivity contribution in [3.63, 3.8) is 0 Å². The van der Waals surface area contributed by atoms with Gasteiger partial charge < -0.3 is 19.9 Å². The fraction of sp³-hybridized carbons (Fsp3) is 0.625. The van der Waals surface area contributed by atoms with Crippen LogP contribution in [-0.2, 0) is 0 Å². The summed E-state index contributed by atoms with van der Waals surface area (Å²) in [6.45, 7) is 8.28. The highest BCUT2D eigenvalue weighted by atomic mass is 16.5. The number of aliphatic hydroxyl groups excluding tert-OH is 1. The van der Waals surface area contributed by atoms with Gasteiger partial charge in [-0.1, -0.05) is 26.8 Å². The van der Waals surface area contributed by atoms with Crippen molar-refractivity contribution in [3.8, 4) is 11.5 Å². The van der Waals surface area contributed by atoms with Gasteiger partial charge in [0.2, 0.25) is 0 Å². The van der Waals surface area contributed by atoms with E-state index in [-0.39, 0.29) is 12.0 Å². The van der Waals surface area contributed by atoms with Gasteiger partial charge >= 0.3 is 0 Å². The Morgan fingerprint density at radius 3 is 2.65 bits per heavy atom. The molecule has 0 amide bonds. The second-order valence-electron chi connectivity index (χ2n) is 5.79. The molecule has 0 bridgehead atoms. The fourth-order valence-electron chi connectivity index (χ4n) is 1.64. The quantitative estimate of drug-likeness (QED) is 0.730. The Balaban J connectivity index is 2.27. The Hall–Kier alpha value is -1.26. The molecule has 1 unspecified atom stereocenters. The molecular formula is C16H27NO3. The summed E-state index contributed by atoms with van der Waals surface area (Å²) in [5, 5.41) is 13.2. The summed E-state index contributed by atoms with van der Waals surface area (Å²) in [5.41, 5.74) is 0.257. The van der Waals surface area contributed by atoms with Crippen LogP contribution in [0.25, 0.3) is 0 Å². The van der Waals surface area contributed by atoms with Crippen molar-refractivity contribution in [1.29, 1.82) is 0 Å². The maximum absolute atomic E-state index is 9.89. The molecule has 0 radical (unpaired) electrons. The van der Waals surface area contributed by atoms with Gasteiger partial charge in [0.05, 0.1) is 7.11 Å². The third-order valence-corrected chi connectivity index (χ3v) is 3.42. The van der Waals surface area contributed by atoms with Crippen molar-refractivity contribution in [1.82, 2.24) is 5.32 Å². The molecule has 0 heterocycles. The van der Waals surface area contributed by atoms with Crippen LogP contribution >= 0.6 is 0 Å². The molecule has 4 heteroatoms. The number of aliphatic hydroxyl groups is 1. The van der Waals surface area contributed by atoms with E-state index in [0.29, 0.717) is 12.3 Å². The summed E-state index contributed by atoms with van der Waals surface area (Å²) in [5.74, 6) is 1.46. The van der Waals surface area contributed by atoms with Crippen molar-refractivity contribution < 1.29 is 14.6 Å². The average Bonchev–Trinajstić information content (AvgIpc) is 2.45. The first-order valence-corrected chi connectivity index (χ1v) is 7.12. The molecule has 0 fully saturated rings. The van der Waals surface area contributed by atoms with E-state index in [2.05, 4.69) is 26.1 Å². The first kappa shape index (κ1) is 16.8. The largest absolute Gasteiger partial charge is 0.497 e. The molecule has 20 heavy (non-hydrogen) atoms. The Morgan fingerprint density at radius 2 is 2.00 bits per heavy atom. The molecule has 0 aliphatic rings. The van der Waals surface area contributed by atoms with Gasteiger partial charge in [-0.05, 0) is 24.0 Å². The van der Waals surface area contributed by atoms with Gasteiger partial charge in [0.15, 0.2) is 0 Å². The molecule has 0 saturated carbocycles. The summed E-state index contributed by atoms with van der Waals surface area (Å²) in [4.78, 5) is 0. The van der Waals surface area contributed by atoms with E-state index in [1.807, 2.05) is 18.2 Å². The number of rotatable bonds is 9. The maximum atomic E-state index is 9.89. The molecule has 1 aromatic rings. The van der Waals surface area contributed by atoms with E-state index in [1.165, 1.54) is 0 Å². The molecule has 0 aromatic heterocycles. The van der Waals surface area contributed by atoms with Crippen molar-refractivity contribution >= 4 is 0 Å². The lowest BCUT2D eigenvalue weighted by Gasteiger charge is -2.24. The fourth-order valence-corrected chi connectivity index (χ4v) is 1.64. The monoisotopic (exact) mass is 281 g/mol. The molecule has 1 aromatic carbocycles. The number of benzene rings is 1. The summed E-state index contributed by atoms with van der Waals surface area (Å²) in [6.07, 6.45) is 0.588. The normalized spacial score (nSPS) is 13.1. The maximum Gasteiger partial charge on any atom is 0.123 e. The Morgan fingerprint density at radius 1 is 1.30 bits per heavy atom. The van der Waals surface area contributed by atoms with E-state index in [9.17, 15) is 5.11 Å². The number of methoxy groups -OCH3 is 1. The highest BCUT2D eigenvalue weighted by molar-refractivity contribution is 5.32. The lowest BCUT2D eigenvalue weighted by atomic mass is 9.90. The number of ether oxygens (including phenoxy) is 2. The molecule has 0 aliphatic heterocycles. The van der Waals surface area contributed by atoms with Gasteiger partial charge in [-0.3, -0.25) is 0 Å². The minimum Gasteiger partial charge on any atom is -0.497 e.